The summed E-state index contributed by atoms with van der Waals surface area (Å²) in [6, 6.07) is 14.4. The third-order valence-corrected chi connectivity index (χ3v) is 8.51. The highest BCUT2D eigenvalue weighted by atomic mass is 32.1. The number of aryl methyl sites for hydroxylation is 1. The van der Waals surface area contributed by atoms with Crippen molar-refractivity contribution < 1.29 is 19.2 Å². The van der Waals surface area contributed by atoms with Crippen molar-refractivity contribution in [3.8, 4) is 21.7 Å². The molecule has 2 unspecified atom stereocenters. The second kappa shape index (κ2) is 11.6. The lowest BCUT2D eigenvalue weighted by molar-refractivity contribution is -0.134. The van der Waals surface area contributed by atoms with Crippen LogP contribution in [0.15, 0.2) is 48.5 Å². The zero-order chi connectivity index (χ0) is 28.4. The molecule has 5 rings (SSSR count). The van der Waals surface area contributed by atoms with E-state index in [1.54, 1.807) is 21.1 Å². The third kappa shape index (κ3) is 5.77. The van der Waals surface area contributed by atoms with Crippen molar-refractivity contribution in [3.05, 3.63) is 53.5 Å². The van der Waals surface area contributed by atoms with Gasteiger partial charge in [0.15, 0.2) is 0 Å². The number of aromatic nitrogens is 1. The van der Waals surface area contributed by atoms with Crippen LogP contribution in [0.1, 0.15) is 44.5 Å². The summed E-state index contributed by atoms with van der Waals surface area (Å²) in [5, 5.41) is 6.82. The summed E-state index contributed by atoms with van der Waals surface area (Å²) in [5.41, 5.74) is 4.10. The van der Waals surface area contributed by atoms with Crippen LogP contribution >= 0.6 is 11.3 Å². The fraction of sp³-hybridized carbons (Fsp3) is 0.367. The van der Waals surface area contributed by atoms with Crippen LogP contribution in [0.3, 0.4) is 0 Å². The van der Waals surface area contributed by atoms with Gasteiger partial charge in [0.2, 0.25) is 23.6 Å². The Kier molecular flexibility index (Phi) is 7.97. The number of carbonyl (C=O) groups is 4. The van der Waals surface area contributed by atoms with Crippen LogP contribution in [0.4, 0.5) is 11.4 Å². The normalized spacial score (nSPS) is 18.6. The van der Waals surface area contributed by atoms with Crippen molar-refractivity contribution in [1.29, 1.82) is 0 Å². The lowest BCUT2D eigenvalue weighted by atomic mass is 10.1. The number of hydrogen-bond donors (Lipinski definition) is 2. The van der Waals surface area contributed by atoms with Crippen molar-refractivity contribution in [2.24, 2.45) is 0 Å². The second-order valence-electron chi connectivity index (χ2n) is 10.3. The summed E-state index contributed by atoms with van der Waals surface area (Å²) < 4.78 is 0. The van der Waals surface area contributed by atoms with Gasteiger partial charge < -0.3 is 20.4 Å². The van der Waals surface area contributed by atoms with Crippen molar-refractivity contribution in [1.82, 2.24) is 14.8 Å². The van der Waals surface area contributed by atoms with Crippen LogP contribution in [0, 0.1) is 6.92 Å². The summed E-state index contributed by atoms with van der Waals surface area (Å²) in [4.78, 5) is 58.3. The molecule has 9 nitrogen and oxygen atoms in total. The number of nitrogens with zero attached hydrogens (tertiary/aromatic N) is 3. The first-order chi connectivity index (χ1) is 19.2. The molecule has 0 bridgehead atoms. The molecule has 0 saturated carbocycles. The number of nitrogens with one attached hydrogen (secondary N) is 2. The van der Waals surface area contributed by atoms with Crippen molar-refractivity contribution in [3.63, 3.8) is 0 Å². The first-order valence-corrected chi connectivity index (χ1v) is 14.4. The highest BCUT2D eigenvalue weighted by Gasteiger charge is 2.33. The van der Waals surface area contributed by atoms with Crippen LogP contribution in [0.25, 0.3) is 21.7 Å². The van der Waals surface area contributed by atoms with Gasteiger partial charge in [-0.05, 0) is 62.4 Å². The fourth-order valence-corrected chi connectivity index (χ4v) is 6.46. The molecule has 2 aliphatic rings. The second-order valence-corrected chi connectivity index (χ2v) is 11.5. The Morgan fingerprint density at radius 1 is 0.750 bits per heavy atom. The molecule has 10 heteroatoms. The minimum Gasteiger partial charge on any atom is -0.331 e. The summed E-state index contributed by atoms with van der Waals surface area (Å²) in [7, 11) is 0. The van der Waals surface area contributed by atoms with E-state index in [9.17, 15) is 19.2 Å². The molecule has 3 heterocycles. The smallest absolute Gasteiger partial charge is 0.247 e. The SMILES string of the molecule is CC(=O)N1CCCC1C(=O)Nc1ccc(-c2nc(C)sc2-c2ccc(NC(=O)C3CCCN3C(C)=O)cc2)cc1. The van der Waals surface area contributed by atoms with Crippen molar-refractivity contribution >= 4 is 46.3 Å². The first-order valence-electron chi connectivity index (χ1n) is 13.6. The van der Waals surface area contributed by atoms with E-state index in [0.717, 1.165) is 39.5 Å². The van der Waals surface area contributed by atoms with Gasteiger partial charge in [-0.25, -0.2) is 4.98 Å². The topological polar surface area (TPSA) is 112 Å². The number of hydrogen-bond acceptors (Lipinski definition) is 6. The molecule has 4 amide bonds. The van der Waals surface area contributed by atoms with E-state index in [2.05, 4.69) is 10.6 Å². The molecule has 0 aliphatic carbocycles. The van der Waals surface area contributed by atoms with Crippen molar-refractivity contribution in [2.45, 2.75) is 58.5 Å². The van der Waals surface area contributed by atoms with Crippen LogP contribution in [0.2, 0.25) is 0 Å². The number of thiazole rings is 1. The predicted octanol–water partition coefficient (Wildman–Crippen LogP) is 4.68. The van der Waals surface area contributed by atoms with Crippen molar-refractivity contribution in [2.75, 3.05) is 23.7 Å². The number of carbonyl (C=O) groups excluding carboxylic acids is 4. The standard InChI is InChI=1S/C30H33N5O4S/c1-18-31-27(21-8-12-23(13-9-21)32-29(38)25-6-4-16-34(25)19(2)36)28(40-18)22-10-14-24(15-11-22)33-30(39)26-7-5-17-35(26)20(3)37/h8-15,25-26H,4-7,16-17H2,1-3H3,(H,32,38)(H,33,39). The Labute approximate surface area is 237 Å². The van der Waals surface area contributed by atoms with Gasteiger partial charge in [0, 0.05) is 43.9 Å². The van der Waals surface area contributed by atoms with Gasteiger partial charge in [-0.1, -0.05) is 24.3 Å². The van der Waals surface area contributed by atoms with Gasteiger partial charge in [-0.2, -0.15) is 0 Å². The summed E-state index contributed by atoms with van der Waals surface area (Å²) in [6.45, 7) is 6.19. The Bertz CT molecular complexity index is 1330. The maximum atomic E-state index is 12.8. The van der Waals surface area contributed by atoms with Gasteiger partial charge in [0.1, 0.15) is 12.1 Å². The van der Waals surface area contributed by atoms with Gasteiger partial charge in [-0.3, -0.25) is 19.2 Å². The maximum absolute atomic E-state index is 12.8. The highest BCUT2D eigenvalue weighted by molar-refractivity contribution is 7.15. The average molecular weight is 560 g/mol. The zero-order valence-corrected chi connectivity index (χ0v) is 23.7. The van der Waals surface area contributed by atoms with E-state index in [4.69, 9.17) is 4.98 Å². The summed E-state index contributed by atoms with van der Waals surface area (Å²) >= 11 is 1.59. The van der Waals surface area contributed by atoms with Crippen LogP contribution in [0.5, 0.6) is 0 Å². The molecule has 2 aromatic carbocycles. The molecule has 1 aromatic heterocycles. The number of benzene rings is 2. The molecule has 3 aromatic rings. The zero-order valence-electron chi connectivity index (χ0n) is 22.9. The number of likely N-dealkylation sites (tertiary alicyclic amines) is 2. The minimum atomic E-state index is -0.427. The monoisotopic (exact) mass is 559 g/mol. The van der Waals surface area contributed by atoms with E-state index in [-0.39, 0.29) is 23.6 Å². The fourth-order valence-electron chi connectivity index (χ4n) is 5.52. The van der Waals surface area contributed by atoms with E-state index < -0.39 is 12.1 Å². The molecule has 2 atom stereocenters. The lowest BCUT2D eigenvalue weighted by Gasteiger charge is -2.22. The average Bonchev–Trinajstić information content (AvgIpc) is 3.69. The van der Waals surface area contributed by atoms with Gasteiger partial charge in [0.25, 0.3) is 0 Å². The first kappa shape index (κ1) is 27.5. The molecule has 0 spiro atoms. The molecule has 2 N–H and O–H groups in total. The molecule has 2 fully saturated rings. The summed E-state index contributed by atoms with van der Waals surface area (Å²) in [6.07, 6.45) is 3.00. The van der Waals surface area contributed by atoms with E-state index in [1.807, 2.05) is 55.5 Å². The van der Waals surface area contributed by atoms with Crippen LogP contribution in [-0.2, 0) is 19.2 Å². The number of amides is 4. The van der Waals surface area contributed by atoms with Gasteiger partial charge in [0.05, 0.1) is 15.6 Å². The third-order valence-electron chi connectivity index (χ3n) is 7.49. The highest BCUT2D eigenvalue weighted by Crippen LogP contribution is 2.37. The Hall–Kier alpha value is -4.05. The van der Waals surface area contributed by atoms with E-state index in [0.29, 0.717) is 37.3 Å². The van der Waals surface area contributed by atoms with E-state index in [1.165, 1.54) is 13.8 Å². The number of anilines is 2. The Balaban J connectivity index is 1.28. The molecular weight excluding hydrogens is 526 g/mol. The lowest BCUT2D eigenvalue weighted by Crippen LogP contribution is -2.42. The van der Waals surface area contributed by atoms with Crippen LogP contribution in [-0.4, -0.2) is 63.6 Å². The minimum absolute atomic E-state index is 0.0788. The molecule has 208 valence electrons. The molecule has 2 saturated heterocycles. The Morgan fingerprint density at radius 3 is 1.65 bits per heavy atom. The molecular formula is C30H33N5O4S. The van der Waals surface area contributed by atoms with Crippen LogP contribution < -0.4 is 10.6 Å². The van der Waals surface area contributed by atoms with Gasteiger partial charge >= 0.3 is 0 Å². The van der Waals surface area contributed by atoms with Gasteiger partial charge in [-0.15, -0.1) is 11.3 Å². The molecule has 40 heavy (non-hydrogen) atoms. The maximum Gasteiger partial charge on any atom is 0.247 e. The summed E-state index contributed by atoms with van der Waals surface area (Å²) in [5.74, 6) is -0.489. The van der Waals surface area contributed by atoms with E-state index >= 15 is 0 Å². The largest absolute Gasteiger partial charge is 0.331 e. The molecule has 0 radical (unpaired) electrons. The Morgan fingerprint density at radius 2 is 1.20 bits per heavy atom. The number of rotatable bonds is 6. The molecule has 2 aliphatic heterocycles. The predicted molar refractivity (Wildman–Crippen MR) is 156 cm³/mol. The quantitative estimate of drug-likeness (QED) is 0.455.